The number of hydrogen-bond donors (Lipinski definition) is 1. The Balaban J connectivity index is 1.99. The lowest BCUT2D eigenvalue weighted by atomic mass is 10.0. The van der Waals surface area contributed by atoms with E-state index in [0.717, 1.165) is 26.4 Å². The number of nitrogens with one attached hydrogen (secondary N) is 1. The van der Waals surface area contributed by atoms with Crippen LogP contribution in [-0.4, -0.2) is 19.7 Å². The van der Waals surface area contributed by atoms with Crippen molar-refractivity contribution in [3.8, 4) is 22.5 Å². The fourth-order valence-electron chi connectivity index (χ4n) is 2.75. The highest BCUT2D eigenvalue weighted by Crippen LogP contribution is 2.35. The summed E-state index contributed by atoms with van der Waals surface area (Å²) in [4.78, 5) is 22.0. The van der Waals surface area contributed by atoms with Crippen LogP contribution >= 0.6 is 11.3 Å². The summed E-state index contributed by atoms with van der Waals surface area (Å²) in [6.45, 7) is 2.03. The van der Waals surface area contributed by atoms with Crippen LogP contribution in [0.2, 0.25) is 0 Å². The molecule has 3 heterocycles. The van der Waals surface area contributed by atoms with E-state index in [-0.39, 0.29) is 5.56 Å². The van der Waals surface area contributed by atoms with Crippen molar-refractivity contribution in [3.05, 3.63) is 58.0 Å². The first-order chi connectivity index (χ1) is 11.1. The van der Waals surface area contributed by atoms with Crippen molar-refractivity contribution in [3.63, 3.8) is 0 Å². The third-order valence-electron chi connectivity index (χ3n) is 3.78. The number of rotatable bonds is 2. The third-order valence-corrected chi connectivity index (χ3v) is 4.78. The fraction of sp³-hybridized carbons (Fsp3) is 0.118. The van der Waals surface area contributed by atoms with Gasteiger partial charge in [-0.3, -0.25) is 9.48 Å². The van der Waals surface area contributed by atoms with Crippen LogP contribution in [0, 0.1) is 6.92 Å². The molecule has 0 radical (unpaired) electrons. The number of aromatic nitrogens is 4. The summed E-state index contributed by atoms with van der Waals surface area (Å²) in [7, 11) is 1.84. The maximum Gasteiger partial charge on any atom is 0.260 e. The topological polar surface area (TPSA) is 63.6 Å². The highest BCUT2D eigenvalue weighted by Gasteiger charge is 2.17. The minimum Gasteiger partial charge on any atom is -0.306 e. The van der Waals surface area contributed by atoms with Crippen LogP contribution in [0.15, 0.2) is 47.5 Å². The average Bonchev–Trinajstić information content (AvgIpc) is 3.11. The molecule has 4 rings (SSSR count). The minimum absolute atomic E-state index is 0.114. The number of nitrogens with zero attached hydrogens (tertiary/aromatic N) is 3. The SMILES string of the molecule is Cc1sc2nc(-c3cnn(C)c3)[nH]c(=O)c2c1-c1ccccc1. The summed E-state index contributed by atoms with van der Waals surface area (Å²) in [5.74, 6) is 0.552. The van der Waals surface area contributed by atoms with Crippen molar-refractivity contribution in [2.24, 2.45) is 7.05 Å². The molecule has 0 aliphatic heterocycles. The van der Waals surface area contributed by atoms with E-state index in [0.29, 0.717) is 11.2 Å². The molecule has 114 valence electrons. The molecular formula is C17H14N4OS. The molecule has 0 atom stereocenters. The lowest BCUT2D eigenvalue weighted by molar-refractivity contribution is 0.768. The van der Waals surface area contributed by atoms with Crippen molar-refractivity contribution in [1.29, 1.82) is 0 Å². The zero-order valence-electron chi connectivity index (χ0n) is 12.7. The molecule has 3 aromatic heterocycles. The second kappa shape index (κ2) is 5.17. The highest BCUT2D eigenvalue weighted by molar-refractivity contribution is 7.19. The summed E-state index contributed by atoms with van der Waals surface area (Å²) in [6.07, 6.45) is 3.53. The van der Waals surface area contributed by atoms with Crippen LogP contribution in [0.25, 0.3) is 32.7 Å². The molecule has 0 aliphatic carbocycles. The largest absolute Gasteiger partial charge is 0.306 e. The van der Waals surface area contributed by atoms with Crippen LogP contribution in [-0.2, 0) is 7.05 Å². The summed E-state index contributed by atoms with van der Waals surface area (Å²) >= 11 is 1.55. The first-order valence-corrected chi connectivity index (χ1v) is 8.03. The molecule has 0 bridgehead atoms. The molecular weight excluding hydrogens is 308 g/mol. The van der Waals surface area contributed by atoms with Gasteiger partial charge in [-0.15, -0.1) is 11.3 Å². The highest BCUT2D eigenvalue weighted by atomic mass is 32.1. The van der Waals surface area contributed by atoms with Crippen molar-refractivity contribution >= 4 is 21.6 Å². The van der Waals surface area contributed by atoms with E-state index < -0.39 is 0 Å². The first-order valence-electron chi connectivity index (χ1n) is 7.21. The smallest absolute Gasteiger partial charge is 0.260 e. The monoisotopic (exact) mass is 322 g/mol. The zero-order valence-corrected chi connectivity index (χ0v) is 13.5. The van der Waals surface area contributed by atoms with Gasteiger partial charge in [-0.1, -0.05) is 30.3 Å². The number of aryl methyl sites for hydroxylation is 2. The lowest BCUT2D eigenvalue weighted by Gasteiger charge is -2.01. The molecule has 0 saturated heterocycles. The Kier molecular flexibility index (Phi) is 3.12. The van der Waals surface area contributed by atoms with Gasteiger partial charge in [0.25, 0.3) is 5.56 Å². The first kappa shape index (κ1) is 13.9. The van der Waals surface area contributed by atoms with Crippen molar-refractivity contribution < 1.29 is 0 Å². The number of H-pyrrole nitrogens is 1. The molecule has 23 heavy (non-hydrogen) atoms. The van der Waals surface area contributed by atoms with Crippen molar-refractivity contribution in [1.82, 2.24) is 19.7 Å². The van der Waals surface area contributed by atoms with E-state index in [1.807, 2.05) is 50.5 Å². The van der Waals surface area contributed by atoms with Gasteiger partial charge in [0.2, 0.25) is 0 Å². The summed E-state index contributed by atoms with van der Waals surface area (Å²) < 4.78 is 1.69. The molecule has 0 spiro atoms. The van der Waals surface area contributed by atoms with Crippen LogP contribution < -0.4 is 5.56 Å². The van der Waals surface area contributed by atoms with Gasteiger partial charge in [-0.25, -0.2) is 4.98 Å². The van der Waals surface area contributed by atoms with Crippen LogP contribution in [0.4, 0.5) is 0 Å². The molecule has 0 saturated carbocycles. The number of thiophene rings is 1. The number of aromatic amines is 1. The van der Waals surface area contributed by atoms with Gasteiger partial charge in [0.05, 0.1) is 17.1 Å². The van der Waals surface area contributed by atoms with Crippen LogP contribution in [0.1, 0.15) is 4.88 Å². The van der Waals surface area contributed by atoms with Gasteiger partial charge < -0.3 is 4.98 Å². The Morgan fingerprint density at radius 3 is 2.65 bits per heavy atom. The molecule has 0 amide bonds. The molecule has 0 aliphatic rings. The van der Waals surface area contributed by atoms with Gasteiger partial charge in [0.1, 0.15) is 10.7 Å². The van der Waals surface area contributed by atoms with E-state index in [1.54, 1.807) is 22.2 Å². The normalized spacial score (nSPS) is 11.2. The maximum absolute atomic E-state index is 12.7. The van der Waals surface area contributed by atoms with E-state index in [9.17, 15) is 4.79 Å². The van der Waals surface area contributed by atoms with E-state index in [2.05, 4.69) is 15.1 Å². The zero-order chi connectivity index (χ0) is 16.0. The third kappa shape index (κ3) is 2.27. The average molecular weight is 322 g/mol. The number of fused-ring (bicyclic) bond motifs is 1. The molecule has 1 N–H and O–H groups in total. The summed E-state index contributed by atoms with van der Waals surface area (Å²) in [5, 5.41) is 4.79. The van der Waals surface area contributed by atoms with E-state index in [1.165, 1.54) is 0 Å². The molecule has 1 aromatic carbocycles. The second-order valence-corrected chi connectivity index (χ2v) is 6.60. The van der Waals surface area contributed by atoms with Crippen molar-refractivity contribution in [2.75, 3.05) is 0 Å². The summed E-state index contributed by atoms with van der Waals surface area (Å²) in [6, 6.07) is 9.95. The number of benzene rings is 1. The Labute approximate surface area is 136 Å². The second-order valence-electron chi connectivity index (χ2n) is 5.40. The summed E-state index contributed by atoms with van der Waals surface area (Å²) in [5.41, 5.74) is 2.70. The standard InChI is InChI=1S/C17H14N4OS/c1-10-13(11-6-4-3-5-7-11)14-16(22)19-15(20-17(14)23-10)12-8-18-21(2)9-12/h3-9H,1-2H3,(H,19,20,22). The van der Waals surface area contributed by atoms with Gasteiger partial charge in [-0.05, 0) is 12.5 Å². The Morgan fingerprint density at radius 1 is 1.17 bits per heavy atom. The van der Waals surface area contributed by atoms with Gasteiger partial charge in [0.15, 0.2) is 0 Å². The Bertz CT molecular complexity index is 1060. The molecule has 0 unspecified atom stereocenters. The number of hydrogen-bond acceptors (Lipinski definition) is 4. The molecule has 5 nitrogen and oxygen atoms in total. The van der Waals surface area contributed by atoms with E-state index >= 15 is 0 Å². The predicted molar refractivity (Wildman–Crippen MR) is 92.6 cm³/mol. The quantitative estimate of drug-likeness (QED) is 0.615. The van der Waals surface area contributed by atoms with Crippen LogP contribution in [0.5, 0.6) is 0 Å². The molecule has 0 fully saturated rings. The van der Waals surface area contributed by atoms with Gasteiger partial charge in [-0.2, -0.15) is 5.10 Å². The molecule has 6 heteroatoms. The Hall–Kier alpha value is -2.73. The van der Waals surface area contributed by atoms with Crippen molar-refractivity contribution in [2.45, 2.75) is 6.92 Å². The van der Waals surface area contributed by atoms with Gasteiger partial charge in [0, 0.05) is 23.7 Å². The predicted octanol–water partition coefficient (Wildman–Crippen LogP) is 3.36. The van der Waals surface area contributed by atoms with Gasteiger partial charge >= 0.3 is 0 Å². The molecule has 4 aromatic rings. The maximum atomic E-state index is 12.7. The Morgan fingerprint density at radius 2 is 1.96 bits per heavy atom. The fourth-order valence-corrected chi connectivity index (χ4v) is 3.80. The lowest BCUT2D eigenvalue weighted by Crippen LogP contribution is -2.08. The van der Waals surface area contributed by atoms with Crippen LogP contribution in [0.3, 0.4) is 0 Å². The van der Waals surface area contributed by atoms with E-state index in [4.69, 9.17) is 0 Å². The minimum atomic E-state index is -0.114.